The molecule has 0 fully saturated rings. The lowest BCUT2D eigenvalue weighted by Crippen LogP contribution is -2.28. The average Bonchev–Trinajstić information content (AvgIpc) is 3.18. The van der Waals surface area contributed by atoms with Crippen molar-refractivity contribution in [3.05, 3.63) is 57.7 Å². The molecular weight excluding hydrogens is 529 g/mol. The number of pyridine rings is 2. The second-order valence-electron chi connectivity index (χ2n) is 9.37. The summed E-state index contributed by atoms with van der Waals surface area (Å²) >= 11 is 3.54. The van der Waals surface area contributed by atoms with Crippen LogP contribution in [0.2, 0.25) is 25.7 Å². The van der Waals surface area contributed by atoms with Gasteiger partial charge in [0.1, 0.15) is 18.8 Å². The van der Waals surface area contributed by atoms with Gasteiger partial charge in [0.2, 0.25) is 0 Å². The van der Waals surface area contributed by atoms with Crippen molar-refractivity contribution in [3.8, 4) is 11.1 Å². The van der Waals surface area contributed by atoms with E-state index in [0.29, 0.717) is 27.5 Å². The van der Waals surface area contributed by atoms with E-state index in [9.17, 15) is 18.0 Å². The molecule has 6 nitrogen and oxygen atoms in total. The Kier molecular flexibility index (Phi) is 6.71. The van der Waals surface area contributed by atoms with E-state index in [4.69, 9.17) is 4.74 Å². The first-order valence-corrected chi connectivity index (χ1v) is 15.2. The Morgan fingerprint density at radius 1 is 1.12 bits per heavy atom. The lowest BCUT2D eigenvalue weighted by molar-refractivity contribution is -0.140. The van der Waals surface area contributed by atoms with E-state index < -0.39 is 26.4 Å². The molecule has 0 bridgehead atoms. The first-order chi connectivity index (χ1) is 15.9. The summed E-state index contributed by atoms with van der Waals surface area (Å²) in [6.07, 6.45) is 0.0943. The topological polar surface area (TPSA) is 61.9 Å². The first-order valence-electron chi connectivity index (χ1n) is 10.7. The average molecular weight is 553 g/mol. The van der Waals surface area contributed by atoms with Crippen LogP contribution in [0, 0.1) is 0 Å². The molecule has 0 aliphatic carbocycles. The molecule has 0 saturated carbocycles. The molecule has 0 radical (unpaired) electrons. The molecule has 0 aliphatic heterocycles. The number of fused-ring (bicyclic) bond motifs is 3. The van der Waals surface area contributed by atoms with E-state index >= 15 is 0 Å². The quantitative estimate of drug-likeness (QED) is 0.207. The third-order valence-electron chi connectivity index (χ3n) is 5.42. The number of alkyl halides is 3. The van der Waals surface area contributed by atoms with Gasteiger partial charge in [-0.2, -0.15) is 18.3 Å². The van der Waals surface area contributed by atoms with Crippen LogP contribution in [0.15, 0.2) is 52.1 Å². The van der Waals surface area contributed by atoms with Gasteiger partial charge in [0.15, 0.2) is 0 Å². The third kappa shape index (κ3) is 5.42. The molecule has 4 rings (SSSR count). The summed E-state index contributed by atoms with van der Waals surface area (Å²) in [5.41, 5.74) is 1.18. The first kappa shape index (κ1) is 24.6. The molecular formula is C23H24BrF3N4O2Si. The van der Waals surface area contributed by atoms with Crippen LogP contribution in [0.1, 0.15) is 0 Å². The molecule has 180 valence electrons. The van der Waals surface area contributed by atoms with Crippen LogP contribution < -0.4 is 5.56 Å². The van der Waals surface area contributed by atoms with Gasteiger partial charge in [0.25, 0.3) is 5.56 Å². The predicted molar refractivity (Wildman–Crippen MR) is 133 cm³/mol. The molecule has 0 N–H and O–H groups in total. The number of rotatable bonds is 7. The molecule has 4 aromatic rings. The Morgan fingerprint density at radius 3 is 2.47 bits per heavy atom. The van der Waals surface area contributed by atoms with Crippen molar-refractivity contribution in [3.63, 3.8) is 0 Å². The van der Waals surface area contributed by atoms with Crippen molar-refractivity contribution in [2.75, 3.05) is 6.61 Å². The summed E-state index contributed by atoms with van der Waals surface area (Å²) in [6.45, 7) is 6.01. The number of aromatic nitrogens is 4. The van der Waals surface area contributed by atoms with Crippen molar-refractivity contribution in [1.29, 1.82) is 0 Å². The van der Waals surface area contributed by atoms with Crippen molar-refractivity contribution in [2.45, 2.75) is 45.1 Å². The van der Waals surface area contributed by atoms with Crippen molar-refractivity contribution in [1.82, 2.24) is 19.3 Å². The van der Waals surface area contributed by atoms with Gasteiger partial charge in [-0.3, -0.25) is 14.3 Å². The summed E-state index contributed by atoms with van der Waals surface area (Å²) < 4.78 is 49.0. The highest BCUT2D eigenvalue weighted by molar-refractivity contribution is 9.10. The van der Waals surface area contributed by atoms with Crippen LogP contribution in [0.3, 0.4) is 0 Å². The SMILES string of the molecule is C[Si](C)(C)CCOCn1cc2c(=O)n(CC(F)(F)F)c3cc(-c4ccncc4)c(Br)cc3c2n1. The molecule has 3 aromatic heterocycles. The molecule has 0 amide bonds. The van der Waals surface area contributed by atoms with Gasteiger partial charge in [0.05, 0.1) is 10.9 Å². The zero-order valence-electron chi connectivity index (χ0n) is 19.0. The monoisotopic (exact) mass is 552 g/mol. The molecule has 0 saturated heterocycles. The molecule has 11 heteroatoms. The molecule has 0 unspecified atom stereocenters. The highest BCUT2D eigenvalue weighted by Gasteiger charge is 2.30. The summed E-state index contributed by atoms with van der Waals surface area (Å²) in [4.78, 5) is 17.2. The summed E-state index contributed by atoms with van der Waals surface area (Å²) in [6, 6.07) is 7.78. The van der Waals surface area contributed by atoms with Gasteiger partial charge in [-0.05, 0) is 41.4 Å². The van der Waals surface area contributed by atoms with Gasteiger partial charge in [-0.1, -0.05) is 35.6 Å². The van der Waals surface area contributed by atoms with Crippen molar-refractivity contribution in [2.24, 2.45) is 0 Å². The summed E-state index contributed by atoms with van der Waals surface area (Å²) in [7, 11) is -1.27. The lowest BCUT2D eigenvalue weighted by atomic mass is 10.0. The van der Waals surface area contributed by atoms with Crippen LogP contribution in [0.4, 0.5) is 13.2 Å². The van der Waals surface area contributed by atoms with E-state index in [1.807, 2.05) is 0 Å². The number of benzene rings is 1. The summed E-state index contributed by atoms with van der Waals surface area (Å²) in [5, 5.41) is 5.06. The number of hydrogen-bond donors (Lipinski definition) is 0. The molecule has 0 atom stereocenters. The van der Waals surface area contributed by atoms with Crippen molar-refractivity contribution < 1.29 is 17.9 Å². The van der Waals surface area contributed by atoms with Crippen LogP contribution in [0.5, 0.6) is 0 Å². The Labute approximate surface area is 203 Å². The Hall–Kier alpha value is -2.50. The standard InChI is InChI=1S/C23H24BrF3N4O2Si/c1-34(2,3)9-8-33-14-30-12-18-21(29-30)17-10-19(24)16(15-4-6-28-7-5-15)11-20(17)31(22(18)32)13-23(25,26)27/h4-7,10-12H,8-9,13-14H2,1-3H3. The molecule has 34 heavy (non-hydrogen) atoms. The Bertz CT molecular complexity index is 1400. The van der Waals surface area contributed by atoms with Crippen LogP contribution in [-0.4, -0.2) is 40.2 Å². The second kappa shape index (κ2) is 9.27. The second-order valence-corrected chi connectivity index (χ2v) is 15.8. The highest BCUT2D eigenvalue weighted by atomic mass is 79.9. The fraction of sp³-hybridized carbons (Fsp3) is 0.348. The van der Waals surface area contributed by atoms with E-state index in [0.717, 1.165) is 16.2 Å². The lowest BCUT2D eigenvalue weighted by Gasteiger charge is -2.15. The minimum absolute atomic E-state index is 0.120. The van der Waals surface area contributed by atoms with E-state index in [-0.39, 0.29) is 17.6 Å². The Balaban J connectivity index is 1.86. The van der Waals surface area contributed by atoms with Crippen molar-refractivity contribution >= 4 is 45.8 Å². The Morgan fingerprint density at radius 2 is 1.82 bits per heavy atom. The van der Waals surface area contributed by atoms with Gasteiger partial charge >= 0.3 is 6.18 Å². The molecule has 3 heterocycles. The minimum Gasteiger partial charge on any atom is -0.360 e. The smallest absolute Gasteiger partial charge is 0.360 e. The van der Waals surface area contributed by atoms with E-state index in [1.54, 1.807) is 36.7 Å². The van der Waals surface area contributed by atoms with E-state index in [2.05, 4.69) is 45.7 Å². The number of hydrogen-bond acceptors (Lipinski definition) is 4. The molecule has 0 spiro atoms. The van der Waals surface area contributed by atoms with E-state index in [1.165, 1.54) is 10.9 Å². The third-order valence-corrected chi connectivity index (χ3v) is 7.78. The summed E-state index contributed by atoms with van der Waals surface area (Å²) in [5.74, 6) is 0. The fourth-order valence-electron chi connectivity index (χ4n) is 3.70. The van der Waals surface area contributed by atoms with Gasteiger partial charge in [0, 0.05) is 43.1 Å². The maximum atomic E-state index is 13.4. The normalized spacial score (nSPS) is 12.7. The number of halogens is 4. The van der Waals surface area contributed by atoms with Crippen LogP contribution in [-0.2, 0) is 18.0 Å². The molecule has 1 aromatic carbocycles. The fourth-order valence-corrected chi connectivity index (χ4v) is 5.03. The zero-order valence-corrected chi connectivity index (χ0v) is 21.6. The van der Waals surface area contributed by atoms with Gasteiger partial charge < -0.3 is 4.74 Å². The number of nitrogens with zero attached hydrogens (tertiary/aromatic N) is 4. The van der Waals surface area contributed by atoms with Gasteiger partial charge in [-0.15, -0.1) is 0 Å². The predicted octanol–water partition coefficient (Wildman–Crippen LogP) is 6.05. The number of ether oxygens (including phenoxy) is 1. The zero-order chi connectivity index (χ0) is 24.7. The van der Waals surface area contributed by atoms with Gasteiger partial charge in [-0.25, -0.2) is 4.68 Å². The van der Waals surface area contributed by atoms with Crippen LogP contribution in [0.25, 0.3) is 32.9 Å². The molecule has 0 aliphatic rings. The van der Waals surface area contributed by atoms with Crippen LogP contribution >= 0.6 is 15.9 Å². The maximum Gasteiger partial charge on any atom is 0.406 e. The largest absolute Gasteiger partial charge is 0.406 e. The highest BCUT2D eigenvalue weighted by Crippen LogP contribution is 2.35. The maximum absolute atomic E-state index is 13.4. The minimum atomic E-state index is -4.57.